The van der Waals surface area contributed by atoms with Gasteiger partial charge in [-0.05, 0) is 19.3 Å². The summed E-state index contributed by atoms with van der Waals surface area (Å²) in [5.41, 5.74) is 2.87. The maximum absolute atomic E-state index is 12.4. The minimum atomic E-state index is 0.209. The van der Waals surface area contributed by atoms with Crippen molar-refractivity contribution < 1.29 is 9.32 Å². The van der Waals surface area contributed by atoms with E-state index in [9.17, 15) is 4.79 Å². The lowest BCUT2D eigenvalue weighted by atomic mass is 10.0. The number of aromatic nitrogens is 4. The molecule has 3 rings (SSSR count). The van der Waals surface area contributed by atoms with Crippen LogP contribution >= 0.6 is 0 Å². The summed E-state index contributed by atoms with van der Waals surface area (Å²) in [6.45, 7) is 7.37. The number of carbonyl (C=O) groups is 1. The van der Waals surface area contributed by atoms with Crippen LogP contribution in [0, 0.1) is 12.8 Å². The van der Waals surface area contributed by atoms with Crippen molar-refractivity contribution in [3.8, 4) is 11.6 Å². The summed E-state index contributed by atoms with van der Waals surface area (Å²) in [6.07, 6.45) is 2.33. The van der Waals surface area contributed by atoms with E-state index in [0.717, 1.165) is 30.6 Å². The van der Waals surface area contributed by atoms with E-state index in [1.165, 1.54) is 0 Å². The zero-order valence-corrected chi connectivity index (χ0v) is 14.2. The van der Waals surface area contributed by atoms with Crippen LogP contribution in [0.25, 0.3) is 11.6 Å². The lowest BCUT2D eigenvalue weighted by molar-refractivity contribution is -0.132. The van der Waals surface area contributed by atoms with Crippen molar-refractivity contribution in [2.24, 2.45) is 13.0 Å². The first kappa shape index (κ1) is 15.7. The molecule has 1 aliphatic rings. The van der Waals surface area contributed by atoms with E-state index in [2.05, 4.69) is 29.1 Å². The number of rotatable bonds is 4. The van der Waals surface area contributed by atoms with Gasteiger partial charge in [-0.3, -0.25) is 9.48 Å². The van der Waals surface area contributed by atoms with Gasteiger partial charge in [-0.15, -0.1) is 0 Å². The maximum atomic E-state index is 12.4. The third-order valence-corrected chi connectivity index (χ3v) is 4.26. The van der Waals surface area contributed by atoms with E-state index in [1.807, 2.05) is 16.6 Å². The smallest absolute Gasteiger partial charge is 0.278 e. The Morgan fingerprint density at radius 3 is 2.83 bits per heavy atom. The van der Waals surface area contributed by atoms with Gasteiger partial charge in [0.2, 0.25) is 5.91 Å². The van der Waals surface area contributed by atoms with E-state index in [0.29, 0.717) is 36.3 Å². The van der Waals surface area contributed by atoms with Crippen molar-refractivity contribution in [1.82, 2.24) is 24.8 Å². The first-order valence-electron chi connectivity index (χ1n) is 8.09. The molecule has 0 saturated carbocycles. The highest BCUT2D eigenvalue weighted by atomic mass is 16.5. The summed E-state index contributed by atoms with van der Waals surface area (Å²) in [7, 11) is 1.92. The van der Waals surface area contributed by atoms with Crippen LogP contribution in [-0.2, 0) is 24.8 Å². The molecule has 2 aromatic rings. The Balaban J connectivity index is 1.83. The fourth-order valence-electron chi connectivity index (χ4n) is 2.94. The molecule has 0 saturated heterocycles. The average Bonchev–Trinajstić information content (AvgIpc) is 3.08. The molecule has 7 nitrogen and oxygen atoms in total. The van der Waals surface area contributed by atoms with Crippen molar-refractivity contribution in [2.45, 2.75) is 46.6 Å². The summed E-state index contributed by atoms with van der Waals surface area (Å²) in [6, 6.07) is 0. The van der Waals surface area contributed by atoms with E-state index >= 15 is 0 Å². The molecule has 124 valence electrons. The normalized spacial score (nSPS) is 14.4. The Labute approximate surface area is 135 Å². The monoisotopic (exact) mass is 317 g/mol. The fraction of sp³-hybridized carbons (Fsp3) is 0.625. The average molecular weight is 317 g/mol. The topological polar surface area (TPSA) is 77.0 Å². The molecule has 0 N–H and O–H groups in total. The van der Waals surface area contributed by atoms with Crippen LogP contribution in [0.2, 0.25) is 0 Å². The Kier molecular flexibility index (Phi) is 4.19. The summed E-state index contributed by atoms with van der Waals surface area (Å²) in [4.78, 5) is 18.6. The molecule has 2 aromatic heterocycles. The van der Waals surface area contributed by atoms with Crippen LogP contribution in [0.5, 0.6) is 0 Å². The van der Waals surface area contributed by atoms with Crippen LogP contribution in [0.3, 0.4) is 0 Å². The summed E-state index contributed by atoms with van der Waals surface area (Å²) in [5, 5.41) is 8.36. The van der Waals surface area contributed by atoms with Crippen molar-refractivity contribution in [3.05, 3.63) is 17.1 Å². The van der Waals surface area contributed by atoms with Crippen molar-refractivity contribution >= 4 is 5.91 Å². The van der Waals surface area contributed by atoms with E-state index in [-0.39, 0.29) is 5.91 Å². The minimum absolute atomic E-state index is 0.209. The molecule has 0 unspecified atom stereocenters. The lowest BCUT2D eigenvalue weighted by Gasteiger charge is -2.27. The van der Waals surface area contributed by atoms with Crippen LogP contribution < -0.4 is 0 Å². The quantitative estimate of drug-likeness (QED) is 0.863. The molecule has 0 bridgehead atoms. The molecule has 0 atom stereocenters. The van der Waals surface area contributed by atoms with Crippen molar-refractivity contribution in [2.75, 3.05) is 6.54 Å². The molecule has 23 heavy (non-hydrogen) atoms. The highest BCUT2D eigenvalue weighted by molar-refractivity contribution is 5.77. The predicted octanol–water partition coefficient (Wildman–Crippen LogP) is 2.10. The van der Waals surface area contributed by atoms with Gasteiger partial charge in [-0.25, -0.2) is 0 Å². The molecule has 0 fully saturated rings. The highest BCUT2D eigenvalue weighted by Crippen LogP contribution is 2.29. The van der Waals surface area contributed by atoms with Gasteiger partial charge < -0.3 is 9.42 Å². The second kappa shape index (κ2) is 6.14. The van der Waals surface area contributed by atoms with Crippen LogP contribution in [0.1, 0.15) is 43.8 Å². The highest BCUT2D eigenvalue weighted by Gasteiger charge is 2.29. The number of fused-ring (bicyclic) bond motifs is 1. The molecule has 3 heterocycles. The van der Waals surface area contributed by atoms with Gasteiger partial charge in [0.25, 0.3) is 5.89 Å². The number of carbonyl (C=O) groups excluding carboxylic acids is 1. The molecule has 1 aliphatic heterocycles. The lowest BCUT2D eigenvalue weighted by Crippen LogP contribution is -2.36. The standard InChI is InChI=1S/C16H23N5O2/c1-10(2)5-6-14(22)21-8-7-13-12(9-21)15(18-20(13)4)16-17-11(3)19-23-16/h10H,5-9H2,1-4H3. The Morgan fingerprint density at radius 2 is 2.17 bits per heavy atom. The van der Waals surface area contributed by atoms with Gasteiger partial charge in [0, 0.05) is 44.2 Å². The zero-order valence-electron chi connectivity index (χ0n) is 14.2. The number of hydrogen-bond donors (Lipinski definition) is 0. The largest absolute Gasteiger partial charge is 0.338 e. The number of nitrogens with zero attached hydrogens (tertiary/aromatic N) is 5. The Hall–Kier alpha value is -2.18. The second-order valence-electron chi connectivity index (χ2n) is 6.54. The van der Waals surface area contributed by atoms with Crippen LogP contribution in [-0.4, -0.2) is 37.3 Å². The SMILES string of the molecule is Cc1noc(-c2nn(C)c3c2CN(C(=O)CCC(C)C)CC3)n1. The molecule has 7 heteroatoms. The van der Waals surface area contributed by atoms with Crippen LogP contribution in [0.15, 0.2) is 4.52 Å². The first-order valence-corrected chi connectivity index (χ1v) is 8.09. The summed E-state index contributed by atoms with van der Waals surface area (Å²) >= 11 is 0. The van der Waals surface area contributed by atoms with Gasteiger partial charge in [0.15, 0.2) is 11.5 Å². The van der Waals surface area contributed by atoms with E-state index in [4.69, 9.17) is 4.52 Å². The second-order valence-corrected chi connectivity index (χ2v) is 6.54. The molecule has 0 aromatic carbocycles. The van der Waals surface area contributed by atoms with Gasteiger partial charge in [-0.2, -0.15) is 10.1 Å². The maximum Gasteiger partial charge on any atom is 0.278 e. The Morgan fingerprint density at radius 1 is 1.39 bits per heavy atom. The summed E-state index contributed by atoms with van der Waals surface area (Å²) < 4.78 is 7.13. The van der Waals surface area contributed by atoms with Gasteiger partial charge in [-0.1, -0.05) is 19.0 Å². The fourth-order valence-corrected chi connectivity index (χ4v) is 2.94. The number of hydrogen-bond acceptors (Lipinski definition) is 5. The van der Waals surface area contributed by atoms with Gasteiger partial charge in [0.05, 0.1) is 0 Å². The molecule has 0 aliphatic carbocycles. The Bertz CT molecular complexity index is 716. The number of aryl methyl sites for hydroxylation is 2. The first-order chi connectivity index (χ1) is 11.0. The third-order valence-electron chi connectivity index (χ3n) is 4.26. The molecule has 1 amide bonds. The van der Waals surface area contributed by atoms with Gasteiger partial charge in [0.1, 0.15) is 0 Å². The molecule has 0 radical (unpaired) electrons. The van der Waals surface area contributed by atoms with E-state index in [1.54, 1.807) is 6.92 Å². The zero-order chi connectivity index (χ0) is 16.6. The third kappa shape index (κ3) is 3.13. The minimum Gasteiger partial charge on any atom is -0.338 e. The van der Waals surface area contributed by atoms with Crippen LogP contribution in [0.4, 0.5) is 0 Å². The molecular formula is C16H23N5O2. The van der Waals surface area contributed by atoms with Gasteiger partial charge >= 0.3 is 0 Å². The number of amides is 1. The summed E-state index contributed by atoms with van der Waals surface area (Å²) in [5.74, 6) is 1.76. The van der Waals surface area contributed by atoms with Crippen molar-refractivity contribution in [3.63, 3.8) is 0 Å². The van der Waals surface area contributed by atoms with Crippen molar-refractivity contribution in [1.29, 1.82) is 0 Å². The van der Waals surface area contributed by atoms with E-state index < -0.39 is 0 Å². The molecule has 0 spiro atoms. The molecular weight excluding hydrogens is 294 g/mol. The predicted molar refractivity (Wildman–Crippen MR) is 84.4 cm³/mol.